The van der Waals surface area contributed by atoms with Gasteiger partial charge in [-0.1, -0.05) is 130 Å². The zero-order valence-electron chi connectivity index (χ0n) is 27.5. The van der Waals surface area contributed by atoms with E-state index in [1.165, 1.54) is 11.1 Å². The van der Waals surface area contributed by atoms with E-state index in [1.54, 1.807) is 0 Å². The van der Waals surface area contributed by atoms with Gasteiger partial charge in [-0.2, -0.15) is 0 Å². The van der Waals surface area contributed by atoms with E-state index in [-0.39, 0.29) is 33.5 Å². The van der Waals surface area contributed by atoms with Crippen molar-refractivity contribution in [1.82, 2.24) is 10.6 Å². The third-order valence-corrected chi connectivity index (χ3v) is 8.10. The van der Waals surface area contributed by atoms with Gasteiger partial charge in [0.05, 0.1) is 0 Å². The second-order valence-corrected chi connectivity index (χ2v) is 11.7. The van der Waals surface area contributed by atoms with Crippen LogP contribution in [0.3, 0.4) is 0 Å². The van der Waals surface area contributed by atoms with Gasteiger partial charge < -0.3 is 10.6 Å². The summed E-state index contributed by atoms with van der Waals surface area (Å²) in [5.74, 6) is 0. The van der Waals surface area contributed by atoms with E-state index in [0.29, 0.717) is 0 Å². The zero-order valence-corrected chi connectivity index (χ0v) is 27.5. The molecule has 0 fully saturated rings. The molecule has 0 aromatic heterocycles. The molecule has 0 rings (SSSR count). The Bertz CT molecular complexity index is 795. The zero-order chi connectivity index (χ0) is 30.3. The van der Waals surface area contributed by atoms with Crippen molar-refractivity contribution in [2.45, 2.75) is 127 Å². The number of nitrogens with one attached hydrogen (secondary N) is 2. The van der Waals surface area contributed by atoms with E-state index in [4.69, 9.17) is 0 Å². The first-order valence-electron chi connectivity index (χ1n) is 14.0. The van der Waals surface area contributed by atoms with Gasteiger partial charge in [0.15, 0.2) is 0 Å². The number of rotatable bonds is 14. The molecule has 0 bridgehead atoms. The van der Waals surface area contributed by atoms with E-state index in [1.807, 2.05) is 58.1 Å². The van der Waals surface area contributed by atoms with Crippen LogP contribution in [0.5, 0.6) is 0 Å². The Kier molecular flexibility index (Phi) is 18.0. The maximum atomic E-state index is 4.04. The Hall–Kier alpha value is -1.90. The highest BCUT2D eigenvalue weighted by Crippen LogP contribution is 2.41. The Morgan fingerprint density at radius 3 is 1.43 bits per heavy atom. The molecule has 1 unspecified atom stereocenters. The van der Waals surface area contributed by atoms with Crippen LogP contribution in [0.15, 0.2) is 86.1 Å². The largest absolute Gasteiger partial charge is 0.307 e. The lowest BCUT2D eigenvalue weighted by atomic mass is 9.66. The Labute approximate surface area is 233 Å². The predicted molar refractivity (Wildman–Crippen MR) is 174 cm³/mol. The lowest BCUT2D eigenvalue weighted by Gasteiger charge is -2.54. The molecule has 0 aliphatic carbocycles. The van der Waals surface area contributed by atoms with Crippen LogP contribution in [-0.4, -0.2) is 22.7 Å². The van der Waals surface area contributed by atoms with Crippen molar-refractivity contribution >= 4 is 0 Å². The summed E-state index contributed by atoms with van der Waals surface area (Å²) < 4.78 is 0. The van der Waals surface area contributed by atoms with Gasteiger partial charge in [0.1, 0.15) is 0 Å². The van der Waals surface area contributed by atoms with Crippen molar-refractivity contribution in [2.75, 3.05) is 0 Å². The van der Waals surface area contributed by atoms with Gasteiger partial charge in [0, 0.05) is 33.5 Å². The van der Waals surface area contributed by atoms with E-state index in [0.717, 1.165) is 0 Å². The number of hydrogen-bond acceptors (Lipinski definition) is 2. The Morgan fingerprint density at radius 2 is 1.05 bits per heavy atom. The van der Waals surface area contributed by atoms with Gasteiger partial charge in [-0.15, -0.1) is 0 Å². The summed E-state index contributed by atoms with van der Waals surface area (Å²) >= 11 is 0. The second kappa shape index (κ2) is 16.8. The Balaban J connectivity index is -0.00000274. The molecule has 0 saturated heterocycles. The van der Waals surface area contributed by atoms with Crippen LogP contribution in [0.1, 0.15) is 104 Å². The summed E-state index contributed by atoms with van der Waals surface area (Å²) in [5.41, 5.74) is 1.46. The highest BCUT2D eigenvalue weighted by molar-refractivity contribution is 5.33. The Morgan fingerprint density at radius 1 is 0.622 bits per heavy atom. The van der Waals surface area contributed by atoms with Crippen LogP contribution in [0, 0.1) is 10.8 Å². The van der Waals surface area contributed by atoms with Gasteiger partial charge in [-0.25, -0.2) is 0 Å². The fraction of sp³-hybridized carbons (Fsp3) is 0.600. The standard InChI is InChI=1S/C31H52N2.2C2H6/c1-16-20-23-26(22-18-3)27(6,7)24(5)32-30(12,13)31(14,15)33-29(10,11)28(8,9)25(19-4)21-17-2;2*1-2/h16-24,32-33H,1-4H2,5-15H3;2*1-2H3/b23-20-,25-21+,26-22+;;. The normalized spacial score (nSPS) is 14.6. The summed E-state index contributed by atoms with van der Waals surface area (Å²) in [6.07, 6.45) is 15.7. The summed E-state index contributed by atoms with van der Waals surface area (Å²) in [6, 6.07) is 0.203. The third kappa shape index (κ3) is 10.8. The summed E-state index contributed by atoms with van der Waals surface area (Å²) in [4.78, 5) is 0. The molecule has 2 N–H and O–H groups in total. The van der Waals surface area contributed by atoms with E-state index < -0.39 is 0 Å². The molecule has 0 aromatic carbocycles. The molecule has 0 amide bonds. The topological polar surface area (TPSA) is 24.1 Å². The van der Waals surface area contributed by atoms with E-state index in [9.17, 15) is 0 Å². The molecule has 2 heteroatoms. The van der Waals surface area contributed by atoms with Gasteiger partial charge in [-0.3, -0.25) is 0 Å². The van der Waals surface area contributed by atoms with E-state index >= 15 is 0 Å². The first-order valence-corrected chi connectivity index (χ1v) is 14.0. The maximum Gasteiger partial charge on any atom is 0.0306 e. The number of hydrogen-bond donors (Lipinski definition) is 2. The van der Waals surface area contributed by atoms with Crippen LogP contribution in [0.2, 0.25) is 0 Å². The molecule has 0 heterocycles. The maximum absolute atomic E-state index is 4.04. The molecule has 0 radical (unpaired) electrons. The van der Waals surface area contributed by atoms with Gasteiger partial charge in [0.2, 0.25) is 0 Å². The first-order chi connectivity index (χ1) is 16.9. The minimum Gasteiger partial charge on any atom is -0.307 e. The second-order valence-electron chi connectivity index (χ2n) is 11.7. The van der Waals surface area contributed by atoms with Crippen molar-refractivity contribution < 1.29 is 0 Å². The average molecular weight is 513 g/mol. The summed E-state index contributed by atoms with van der Waals surface area (Å²) in [7, 11) is 0. The van der Waals surface area contributed by atoms with Gasteiger partial charge >= 0.3 is 0 Å². The quantitative estimate of drug-likeness (QED) is 0.226. The molecular weight excluding hydrogens is 448 g/mol. The molecule has 0 saturated carbocycles. The van der Waals surface area contributed by atoms with E-state index in [2.05, 4.69) is 131 Å². The molecule has 2 nitrogen and oxygen atoms in total. The molecule has 1 atom stereocenters. The van der Waals surface area contributed by atoms with Crippen molar-refractivity contribution in [3.05, 3.63) is 86.1 Å². The average Bonchev–Trinajstić information content (AvgIpc) is 2.81. The molecular formula is C35H64N2. The monoisotopic (exact) mass is 513 g/mol. The van der Waals surface area contributed by atoms with Crippen LogP contribution < -0.4 is 10.6 Å². The van der Waals surface area contributed by atoms with Crippen molar-refractivity contribution in [3.8, 4) is 0 Å². The third-order valence-electron chi connectivity index (χ3n) is 8.10. The lowest BCUT2D eigenvalue weighted by molar-refractivity contribution is 0.0798. The molecule has 0 aliphatic rings. The summed E-state index contributed by atoms with van der Waals surface area (Å²) in [5, 5.41) is 7.93. The number of allylic oxidation sites excluding steroid dienone is 8. The predicted octanol–water partition coefficient (Wildman–Crippen LogP) is 10.1. The van der Waals surface area contributed by atoms with Crippen molar-refractivity contribution in [1.29, 1.82) is 0 Å². The van der Waals surface area contributed by atoms with Crippen molar-refractivity contribution in [2.24, 2.45) is 10.8 Å². The molecule has 37 heavy (non-hydrogen) atoms. The van der Waals surface area contributed by atoms with Gasteiger partial charge in [0.25, 0.3) is 0 Å². The van der Waals surface area contributed by atoms with Gasteiger partial charge in [-0.05, 0) is 59.6 Å². The SMILES string of the molecule is C=C/C=C\C(=C/C=C)C(C)(C)C(C)NC(C)(C)C(C)(C)NC(C)(C)C(C)(C)/C(C=C)=C/C=C.CC.CC. The molecule has 0 aliphatic heterocycles. The van der Waals surface area contributed by atoms with Crippen molar-refractivity contribution in [3.63, 3.8) is 0 Å². The highest BCUT2D eigenvalue weighted by atomic mass is 15.2. The minimum absolute atomic E-state index is 0.113. The lowest BCUT2D eigenvalue weighted by Crippen LogP contribution is -2.71. The molecule has 214 valence electrons. The van der Waals surface area contributed by atoms with Crippen LogP contribution in [0.25, 0.3) is 0 Å². The fourth-order valence-electron chi connectivity index (χ4n) is 4.05. The van der Waals surface area contributed by atoms with Crippen LogP contribution >= 0.6 is 0 Å². The fourth-order valence-corrected chi connectivity index (χ4v) is 4.05. The minimum atomic E-state index is -0.224. The highest BCUT2D eigenvalue weighted by Gasteiger charge is 2.47. The first kappa shape index (κ1) is 39.6. The van der Waals surface area contributed by atoms with Crippen LogP contribution in [-0.2, 0) is 0 Å². The van der Waals surface area contributed by atoms with Crippen LogP contribution in [0.4, 0.5) is 0 Å². The summed E-state index contributed by atoms with van der Waals surface area (Å²) in [6.45, 7) is 48.6. The molecule has 0 aromatic rings. The smallest absolute Gasteiger partial charge is 0.0306 e. The molecule has 0 spiro atoms.